The molecule has 4 atom stereocenters. The average Bonchev–Trinajstić information content (AvgIpc) is 3.22. The van der Waals surface area contributed by atoms with Crippen LogP contribution in [0.3, 0.4) is 0 Å². The molecule has 6 nitrogen and oxygen atoms in total. The summed E-state index contributed by atoms with van der Waals surface area (Å²) in [4.78, 5) is 12.5. The van der Waals surface area contributed by atoms with Crippen LogP contribution >= 0.6 is 0 Å². The first-order valence-electron chi connectivity index (χ1n) is 25.9. The monoisotopic (exact) mass is 810 g/mol. The summed E-state index contributed by atoms with van der Waals surface area (Å²) >= 11 is 0. The molecule has 1 amide bonds. The second-order valence-electron chi connectivity index (χ2n) is 18.2. The third-order valence-electron chi connectivity index (χ3n) is 12.6. The second-order valence-corrected chi connectivity index (χ2v) is 18.2. The highest BCUT2D eigenvalue weighted by Crippen LogP contribution is 2.18. The largest absolute Gasteiger partial charge is 0.394 e. The van der Waals surface area contributed by atoms with Gasteiger partial charge in [-0.1, -0.05) is 277 Å². The van der Waals surface area contributed by atoms with Crippen LogP contribution in [-0.2, 0) is 4.79 Å². The number of carbonyl (C=O) groups excluding carboxylic acids is 1. The van der Waals surface area contributed by atoms with Gasteiger partial charge in [0, 0.05) is 0 Å². The van der Waals surface area contributed by atoms with Crippen molar-refractivity contribution in [3.8, 4) is 0 Å². The number of amides is 1. The van der Waals surface area contributed by atoms with Gasteiger partial charge in [-0.15, -0.1) is 0 Å². The number of nitrogens with one attached hydrogen (secondary N) is 1. The van der Waals surface area contributed by atoms with Crippen LogP contribution in [0.1, 0.15) is 290 Å². The van der Waals surface area contributed by atoms with Crippen LogP contribution in [0.4, 0.5) is 0 Å². The number of carbonyl (C=O) groups is 1. The fraction of sp³-hybridized carbons (Fsp3) is 0.980. The summed E-state index contributed by atoms with van der Waals surface area (Å²) in [5, 5.41) is 43.9. The molecule has 0 aliphatic rings. The quantitative estimate of drug-likeness (QED) is 0.0393. The van der Waals surface area contributed by atoms with Crippen molar-refractivity contribution in [1.82, 2.24) is 5.32 Å². The highest BCUT2D eigenvalue weighted by atomic mass is 16.3. The lowest BCUT2D eigenvalue weighted by molar-refractivity contribution is -0.132. The SMILES string of the molecule is CCCCCCCCCCCCCCCCCCCCCCCCCCCC(O)C(O)C(CO)NC(=O)C(O)CCCCCCCCCCCCCCCCCC. The number of aliphatic hydroxyl groups is 4. The van der Waals surface area contributed by atoms with E-state index in [1.807, 2.05) is 0 Å². The van der Waals surface area contributed by atoms with Crippen LogP contribution in [0.5, 0.6) is 0 Å². The Labute approximate surface area is 356 Å². The first-order chi connectivity index (χ1) is 28.0. The molecule has 0 heterocycles. The third kappa shape index (κ3) is 40.5. The van der Waals surface area contributed by atoms with E-state index in [0.717, 1.165) is 38.5 Å². The number of unbranched alkanes of at least 4 members (excludes halogenated alkanes) is 39. The summed E-state index contributed by atoms with van der Waals surface area (Å²) < 4.78 is 0. The van der Waals surface area contributed by atoms with E-state index < -0.39 is 36.9 Å². The van der Waals surface area contributed by atoms with Gasteiger partial charge in [-0.2, -0.15) is 0 Å². The van der Waals surface area contributed by atoms with Gasteiger partial charge in [-0.3, -0.25) is 4.79 Å². The van der Waals surface area contributed by atoms with Crippen LogP contribution in [-0.4, -0.2) is 57.3 Å². The summed E-state index contributed by atoms with van der Waals surface area (Å²) in [6.45, 7) is 4.09. The van der Waals surface area contributed by atoms with Crippen molar-refractivity contribution < 1.29 is 25.2 Å². The van der Waals surface area contributed by atoms with Crippen LogP contribution in [0.25, 0.3) is 0 Å². The van der Waals surface area contributed by atoms with Crippen molar-refractivity contribution in [1.29, 1.82) is 0 Å². The molecule has 0 aliphatic carbocycles. The molecule has 0 bridgehead atoms. The normalized spacial score (nSPS) is 13.9. The minimum Gasteiger partial charge on any atom is -0.394 e. The molecule has 0 spiro atoms. The molecule has 0 radical (unpaired) electrons. The molecule has 0 rings (SSSR count). The molecule has 0 fully saturated rings. The molecule has 57 heavy (non-hydrogen) atoms. The number of hydrogen-bond donors (Lipinski definition) is 5. The van der Waals surface area contributed by atoms with Gasteiger partial charge in [0.2, 0.25) is 5.91 Å². The van der Waals surface area contributed by atoms with Gasteiger partial charge in [0.15, 0.2) is 0 Å². The fourth-order valence-corrected chi connectivity index (χ4v) is 8.47. The molecule has 0 aromatic rings. The van der Waals surface area contributed by atoms with Gasteiger partial charge >= 0.3 is 0 Å². The summed E-state index contributed by atoms with van der Waals surface area (Å²) in [7, 11) is 0. The van der Waals surface area contributed by atoms with Gasteiger partial charge in [-0.25, -0.2) is 0 Å². The molecule has 6 heteroatoms. The first-order valence-corrected chi connectivity index (χ1v) is 25.9. The fourth-order valence-electron chi connectivity index (χ4n) is 8.47. The van der Waals surface area contributed by atoms with Crippen molar-refractivity contribution in [3.05, 3.63) is 0 Å². The highest BCUT2D eigenvalue weighted by Gasteiger charge is 2.28. The van der Waals surface area contributed by atoms with Gasteiger partial charge in [-0.05, 0) is 12.8 Å². The van der Waals surface area contributed by atoms with Gasteiger partial charge < -0.3 is 25.7 Å². The molecular weight excluding hydrogens is 707 g/mol. The third-order valence-corrected chi connectivity index (χ3v) is 12.6. The zero-order valence-corrected chi connectivity index (χ0v) is 38.6. The number of aliphatic hydroxyl groups excluding tert-OH is 4. The molecular formula is C51H103NO5. The van der Waals surface area contributed by atoms with Crippen molar-refractivity contribution in [2.24, 2.45) is 0 Å². The zero-order valence-electron chi connectivity index (χ0n) is 38.6. The van der Waals surface area contributed by atoms with Crippen molar-refractivity contribution in [2.75, 3.05) is 6.61 Å². The Balaban J connectivity index is 3.60. The maximum atomic E-state index is 12.5. The Morgan fingerprint density at radius 1 is 0.368 bits per heavy atom. The topological polar surface area (TPSA) is 110 Å². The smallest absolute Gasteiger partial charge is 0.249 e. The molecule has 342 valence electrons. The zero-order chi connectivity index (χ0) is 41.7. The molecule has 0 aromatic carbocycles. The van der Waals surface area contributed by atoms with Crippen LogP contribution in [0.15, 0.2) is 0 Å². The average molecular weight is 810 g/mol. The van der Waals surface area contributed by atoms with E-state index in [0.29, 0.717) is 12.8 Å². The lowest BCUT2D eigenvalue weighted by atomic mass is 9.99. The second kappa shape index (κ2) is 46.4. The maximum absolute atomic E-state index is 12.5. The summed E-state index contributed by atoms with van der Waals surface area (Å²) in [5.74, 6) is -0.578. The van der Waals surface area contributed by atoms with E-state index in [1.54, 1.807) is 0 Å². The Morgan fingerprint density at radius 3 is 0.842 bits per heavy atom. The summed E-state index contributed by atoms with van der Waals surface area (Å²) in [5.41, 5.74) is 0. The number of rotatable bonds is 48. The van der Waals surface area contributed by atoms with Gasteiger partial charge in [0.25, 0.3) is 0 Å². The Bertz CT molecular complexity index is 781. The first kappa shape index (κ1) is 56.3. The van der Waals surface area contributed by atoms with E-state index in [9.17, 15) is 25.2 Å². The standard InChI is InChI=1S/C51H103NO5/c1-3-5-7-9-11-13-15-17-19-21-22-23-24-25-26-27-28-29-31-32-34-36-38-40-42-44-48(54)50(56)47(46-53)52-51(57)49(55)45-43-41-39-37-35-33-30-20-18-16-14-12-10-8-6-4-2/h47-50,53-56H,3-46H2,1-2H3,(H,52,57). The van der Waals surface area contributed by atoms with E-state index in [-0.39, 0.29) is 0 Å². The van der Waals surface area contributed by atoms with Crippen LogP contribution in [0, 0.1) is 0 Å². The lowest BCUT2D eigenvalue weighted by Crippen LogP contribution is -2.53. The molecule has 4 unspecified atom stereocenters. The Hall–Kier alpha value is -0.690. The van der Waals surface area contributed by atoms with E-state index in [2.05, 4.69) is 19.2 Å². The van der Waals surface area contributed by atoms with Crippen LogP contribution in [0.2, 0.25) is 0 Å². The summed E-state index contributed by atoms with van der Waals surface area (Å²) in [6, 6.07) is -0.979. The van der Waals surface area contributed by atoms with Gasteiger partial charge in [0.1, 0.15) is 12.2 Å². The molecule has 0 aliphatic heterocycles. The Kier molecular flexibility index (Phi) is 45.8. The van der Waals surface area contributed by atoms with E-state index >= 15 is 0 Å². The summed E-state index contributed by atoms with van der Waals surface area (Å²) in [6.07, 6.45) is 51.5. The Morgan fingerprint density at radius 2 is 0.596 bits per heavy atom. The maximum Gasteiger partial charge on any atom is 0.249 e. The van der Waals surface area contributed by atoms with Crippen molar-refractivity contribution >= 4 is 5.91 Å². The molecule has 0 saturated carbocycles. The highest BCUT2D eigenvalue weighted by molar-refractivity contribution is 5.80. The molecule has 5 N–H and O–H groups in total. The predicted molar refractivity (Wildman–Crippen MR) is 247 cm³/mol. The van der Waals surface area contributed by atoms with Crippen molar-refractivity contribution in [3.63, 3.8) is 0 Å². The van der Waals surface area contributed by atoms with Crippen molar-refractivity contribution in [2.45, 2.75) is 314 Å². The van der Waals surface area contributed by atoms with E-state index in [1.165, 1.54) is 225 Å². The van der Waals surface area contributed by atoms with Crippen LogP contribution < -0.4 is 5.32 Å². The molecule has 0 saturated heterocycles. The lowest BCUT2D eigenvalue weighted by Gasteiger charge is -2.27. The predicted octanol–water partition coefficient (Wildman–Crippen LogP) is 14.4. The van der Waals surface area contributed by atoms with Gasteiger partial charge in [0.05, 0.1) is 18.8 Å². The number of hydrogen-bond acceptors (Lipinski definition) is 5. The minimum atomic E-state index is -1.25. The molecule has 0 aromatic heterocycles. The van der Waals surface area contributed by atoms with E-state index in [4.69, 9.17) is 0 Å². The minimum absolute atomic E-state index is 0.376.